The van der Waals surface area contributed by atoms with Gasteiger partial charge in [0.15, 0.2) is 0 Å². The van der Waals surface area contributed by atoms with Gasteiger partial charge in [0, 0.05) is 10.5 Å². The van der Waals surface area contributed by atoms with E-state index in [1.54, 1.807) is 12.1 Å². The molecule has 0 heterocycles. The van der Waals surface area contributed by atoms with Crippen molar-refractivity contribution in [3.8, 4) is 11.5 Å². The molecule has 0 bridgehead atoms. The Balaban J connectivity index is 1.86. The molecule has 0 aliphatic heterocycles. The fourth-order valence-corrected chi connectivity index (χ4v) is 2.24. The molecule has 2 rings (SSSR count). The highest BCUT2D eigenvalue weighted by Gasteiger charge is 2.06. The van der Waals surface area contributed by atoms with Gasteiger partial charge in [0.2, 0.25) is 0 Å². The molecule has 3 nitrogen and oxygen atoms in total. The first-order valence-electron chi connectivity index (χ1n) is 5.82. The van der Waals surface area contributed by atoms with Crippen molar-refractivity contribution >= 4 is 44.8 Å². The van der Waals surface area contributed by atoms with Crippen LogP contribution in [0.15, 0.2) is 40.9 Å². The predicted octanol–water partition coefficient (Wildman–Crippen LogP) is 4.80. The van der Waals surface area contributed by atoms with E-state index in [0.29, 0.717) is 34.7 Å². The van der Waals surface area contributed by atoms with E-state index in [0.717, 1.165) is 10.2 Å². The second kappa shape index (κ2) is 7.07. The van der Waals surface area contributed by atoms with Gasteiger partial charge in [0.1, 0.15) is 24.7 Å². The second-order valence-corrected chi connectivity index (χ2v) is 5.69. The van der Waals surface area contributed by atoms with E-state index in [2.05, 4.69) is 15.9 Å². The van der Waals surface area contributed by atoms with Crippen molar-refractivity contribution in [3.05, 3.63) is 50.9 Å². The van der Waals surface area contributed by atoms with E-state index in [1.807, 2.05) is 24.3 Å². The van der Waals surface area contributed by atoms with E-state index >= 15 is 0 Å². The Bertz CT molecular complexity index is 608. The largest absolute Gasteiger partial charge is 0.490 e. The molecule has 0 atom stereocenters. The van der Waals surface area contributed by atoms with Crippen molar-refractivity contribution in [2.24, 2.45) is 0 Å². The Hall–Kier alpha value is -1.10. The number of ether oxygens (including phenoxy) is 2. The van der Waals surface area contributed by atoms with E-state index < -0.39 is 0 Å². The molecule has 0 amide bonds. The fourth-order valence-electron chi connectivity index (χ4n) is 1.54. The zero-order chi connectivity index (χ0) is 14.5. The number of rotatable bonds is 5. The van der Waals surface area contributed by atoms with E-state index in [4.69, 9.17) is 38.4 Å². The first kappa shape index (κ1) is 15.3. The summed E-state index contributed by atoms with van der Waals surface area (Å²) < 4.78 is 12.0. The van der Waals surface area contributed by atoms with Crippen molar-refractivity contribution in [1.82, 2.24) is 0 Å². The molecule has 0 aliphatic rings. The molecule has 106 valence electrons. The smallest absolute Gasteiger partial charge is 0.143 e. The van der Waals surface area contributed by atoms with E-state index in [9.17, 15) is 0 Å². The first-order valence-corrected chi connectivity index (χ1v) is 7.37. The maximum atomic E-state index is 5.91. The molecule has 0 unspecified atom stereocenters. The quantitative estimate of drug-likeness (QED) is 0.602. The molecule has 0 radical (unpaired) electrons. The molecule has 0 spiro atoms. The third kappa shape index (κ3) is 4.20. The molecule has 2 aromatic rings. The number of anilines is 1. The van der Waals surface area contributed by atoms with Crippen LogP contribution in [0.3, 0.4) is 0 Å². The summed E-state index contributed by atoms with van der Waals surface area (Å²) in [5.41, 5.74) is 6.23. The SMILES string of the molecule is Nc1cc(Cl)c(Cl)cc1OCCOc1cccc(Br)c1. The number of benzene rings is 2. The summed E-state index contributed by atoms with van der Waals surface area (Å²) in [6.45, 7) is 0.755. The Morgan fingerprint density at radius 3 is 2.45 bits per heavy atom. The lowest BCUT2D eigenvalue weighted by Gasteiger charge is -2.11. The van der Waals surface area contributed by atoms with Gasteiger partial charge in [-0.3, -0.25) is 0 Å². The van der Waals surface area contributed by atoms with Crippen molar-refractivity contribution in [1.29, 1.82) is 0 Å². The third-order valence-corrected chi connectivity index (χ3v) is 3.67. The van der Waals surface area contributed by atoms with Crippen molar-refractivity contribution in [2.45, 2.75) is 0 Å². The van der Waals surface area contributed by atoms with Crippen molar-refractivity contribution in [2.75, 3.05) is 18.9 Å². The van der Waals surface area contributed by atoms with E-state index in [-0.39, 0.29) is 0 Å². The zero-order valence-electron chi connectivity index (χ0n) is 10.4. The number of hydrogen-bond donors (Lipinski definition) is 1. The maximum absolute atomic E-state index is 5.91. The molecule has 0 fully saturated rings. The third-order valence-electron chi connectivity index (χ3n) is 2.46. The van der Waals surface area contributed by atoms with Gasteiger partial charge >= 0.3 is 0 Å². The molecule has 2 N–H and O–H groups in total. The molecule has 0 aromatic heterocycles. The number of nitrogen functional groups attached to an aromatic ring is 1. The normalized spacial score (nSPS) is 10.3. The molecule has 2 aromatic carbocycles. The standard InChI is InChI=1S/C14H12BrCl2NO2/c15-9-2-1-3-10(6-9)19-4-5-20-14-8-12(17)11(16)7-13(14)18/h1-3,6-8H,4-5,18H2. The average Bonchev–Trinajstić information content (AvgIpc) is 2.40. The highest BCUT2D eigenvalue weighted by atomic mass is 79.9. The van der Waals surface area contributed by atoms with Gasteiger partial charge in [-0.05, 0) is 24.3 Å². The summed E-state index contributed by atoms with van der Waals surface area (Å²) in [7, 11) is 0. The minimum Gasteiger partial charge on any atom is -0.490 e. The molecule has 0 saturated carbocycles. The van der Waals surface area contributed by atoms with E-state index in [1.165, 1.54) is 0 Å². The summed E-state index contributed by atoms with van der Waals surface area (Å²) in [5, 5.41) is 0.811. The van der Waals surface area contributed by atoms with Crippen LogP contribution in [-0.4, -0.2) is 13.2 Å². The van der Waals surface area contributed by atoms with Crippen LogP contribution in [0.4, 0.5) is 5.69 Å². The molecule has 0 saturated heterocycles. The Labute approximate surface area is 135 Å². The number of nitrogens with two attached hydrogens (primary N) is 1. The molecule has 6 heteroatoms. The van der Waals surface area contributed by atoms with Gasteiger partial charge < -0.3 is 15.2 Å². The monoisotopic (exact) mass is 375 g/mol. The van der Waals surface area contributed by atoms with Gasteiger partial charge in [0.25, 0.3) is 0 Å². The summed E-state index contributed by atoms with van der Waals surface area (Å²) in [5.74, 6) is 1.27. The molecule has 0 aliphatic carbocycles. The Kier molecular flexibility index (Phi) is 5.40. The number of halogens is 3. The first-order chi connectivity index (χ1) is 9.56. The van der Waals surface area contributed by atoms with Gasteiger partial charge in [-0.1, -0.05) is 45.2 Å². The Morgan fingerprint density at radius 1 is 1.00 bits per heavy atom. The second-order valence-electron chi connectivity index (χ2n) is 3.96. The molecule has 20 heavy (non-hydrogen) atoms. The lowest BCUT2D eigenvalue weighted by molar-refractivity contribution is 0.218. The summed E-state index contributed by atoms with van der Waals surface area (Å²) in [6.07, 6.45) is 0. The van der Waals surface area contributed by atoms with Crippen LogP contribution in [0.5, 0.6) is 11.5 Å². The minimum atomic E-state index is 0.356. The van der Waals surface area contributed by atoms with Crippen LogP contribution in [0.2, 0.25) is 10.0 Å². The van der Waals surface area contributed by atoms with Crippen molar-refractivity contribution in [3.63, 3.8) is 0 Å². The van der Waals surface area contributed by atoms with Crippen LogP contribution in [-0.2, 0) is 0 Å². The Morgan fingerprint density at radius 2 is 1.70 bits per heavy atom. The summed E-state index contributed by atoms with van der Waals surface area (Å²) in [4.78, 5) is 0. The topological polar surface area (TPSA) is 44.5 Å². The van der Waals surface area contributed by atoms with Crippen molar-refractivity contribution < 1.29 is 9.47 Å². The molecular formula is C14H12BrCl2NO2. The summed E-state index contributed by atoms with van der Waals surface area (Å²) in [6, 6.07) is 10.7. The number of hydrogen-bond acceptors (Lipinski definition) is 3. The lowest BCUT2D eigenvalue weighted by atomic mass is 10.3. The average molecular weight is 377 g/mol. The maximum Gasteiger partial charge on any atom is 0.143 e. The fraction of sp³-hybridized carbons (Fsp3) is 0.143. The molecular weight excluding hydrogens is 365 g/mol. The highest BCUT2D eigenvalue weighted by Crippen LogP contribution is 2.32. The summed E-state index contributed by atoms with van der Waals surface area (Å²) >= 11 is 15.1. The van der Waals surface area contributed by atoms with Crippen LogP contribution >= 0.6 is 39.1 Å². The van der Waals surface area contributed by atoms with Gasteiger partial charge in [-0.2, -0.15) is 0 Å². The zero-order valence-corrected chi connectivity index (χ0v) is 13.5. The lowest BCUT2D eigenvalue weighted by Crippen LogP contribution is -2.10. The van der Waals surface area contributed by atoms with Crippen LogP contribution in [0, 0.1) is 0 Å². The minimum absolute atomic E-state index is 0.356. The predicted molar refractivity (Wildman–Crippen MR) is 86.0 cm³/mol. The van der Waals surface area contributed by atoms with Gasteiger partial charge in [-0.15, -0.1) is 0 Å². The van der Waals surface area contributed by atoms with Crippen LogP contribution in [0.1, 0.15) is 0 Å². The van der Waals surface area contributed by atoms with Gasteiger partial charge in [-0.25, -0.2) is 0 Å². The van der Waals surface area contributed by atoms with Crippen LogP contribution in [0.25, 0.3) is 0 Å². The highest BCUT2D eigenvalue weighted by molar-refractivity contribution is 9.10. The van der Waals surface area contributed by atoms with Gasteiger partial charge in [0.05, 0.1) is 15.7 Å². The van der Waals surface area contributed by atoms with Crippen LogP contribution < -0.4 is 15.2 Å².